The van der Waals surface area contributed by atoms with Crippen LogP contribution in [0.2, 0.25) is 0 Å². The molecule has 0 bridgehead atoms. The van der Waals surface area contributed by atoms with E-state index in [4.69, 9.17) is 14.2 Å². The van der Waals surface area contributed by atoms with Crippen LogP contribution in [0.1, 0.15) is 33.9 Å². The molecule has 1 unspecified atom stereocenters. The van der Waals surface area contributed by atoms with Gasteiger partial charge in [0, 0.05) is 15.4 Å². The van der Waals surface area contributed by atoms with Crippen LogP contribution in [0.15, 0.2) is 74.7 Å². The van der Waals surface area contributed by atoms with E-state index < -0.39 is 0 Å². The van der Waals surface area contributed by atoms with Gasteiger partial charge in [0.1, 0.15) is 5.75 Å². The molecule has 7 nitrogen and oxygen atoms in total. The Morgan fingerprint density at radius 2 is 1.74 bits per heavy atom. The standard InChI is InChI=1S/C26H22Br2N2O5/c1-33-24-8-6-17(12-25(24)34-2)22-13-21(16-4-3-5-19(27)10-16)29-30(22)26(32)15-35-23-9-7-20(28)11-18(23)14-31/h3-12,14,22H,13,15H2,1-2H3. The van der Waals surface area contributed by atoms with Gasteiger partial charge >= 0.3 is 0 Å². The topological polar surface area (TPSA) is 77.4 Å². The molecule has 0 saturated heterocycles. The molecule has 0 radical (unpaired) electrons. The summed E-state index contributed by atoms with van der Waals surface area (Å²) >= 11 is 6.83. The van der Waals surface area contributed by atoms with E-state index in [9.17, 15) is 9.59 Å². The average Bonchev–Trinajstić information content (AvgIpc) is 3.33. The molecule has 0 aliphatic carbocycles. The van der Waals surface area contributed by atoms with Crippen molar-refractivity contribution < 1.29 is 23.8 Å². The van der Waals surface area contributed by atoms with Crippen LogP contribution in [-0.2, 0) is 4.79 Å². The highest BCUT2D eigenvalue weighted by Gasteiger charge is 2.34. The van der Waals surface area contributed by atoms with Crippen LogP contribution in [0.4, 0.5) is 0 Å². The Balaban J connectivity index is 1.64. The van der Waals surface area contributed by atoms with Crippen molar-refractivity contribution >= 4 is 49.8 Å². The fourth-order valence-corrected chi connectivity index (χ4v) is 4.63. The van der Waals surface area contributed by atoms with E-state index in [-0.39, 0.29) is 18.6 Å². The Kier molecular flexibility index (Phi) is 7.87. The van der Waals surface area contributed by atoms with Crippen molar-refractivity contribution in [3.05, 3.63) is 86.3 Å². The molecule has 3 aromatic carbocycles. The van der Waals surface area contributed by atoms with Crippen LogP contribution in [0.5, 0.6) is 17.2 Å². The van der Waals surface area contributed by atoms with Crippen molar-refractivity contribution in [3.8, 4) is 17.2 Å². The van der Waals surface area contributed by atoms with Gasteiger partial charge in [-0.3, -0.25) is 9.59 Å². The van der Waals surface area contributed by atoms with Gasteiger partial charge in [-0.05, 0) is 53.6 Å². The molecule has 0 aromatic heterocycles. The van der Waals surface area contributed by atoms with Crippen molar-refractivity contribution in [2.24, 2.45) is 5.10 Å². The van der Waals surface area contributed by atoms with E-state index in [1.54, 1.807) is 32.4 Å². The normalized spacial score (nSPS) is 14.9. The number of carbonyl (C=O) groups is 2. The molecule has 9 heteroatoms. The van der Waals surface area contributed by atoms with Gasteiger partial charge in [0.05, 0.1) is 31.5 Å². The number of hydrogen-bond donors (Lipinski definition) is 0. The number of nitrogens with zero attached hydrogens (tertiary/aromatic N) is 2. The SMILES string of the molecule is COc1ccc(C2CC(c3cccc(Br)c3)=NN2C(=O)COc2ccc(Br)cc2C=O)cc1OC. The summed E-state index contributed by atoms with van der Waals surface area (Å²) in [6.07, 6.45) is 1.20. The third-order valence-corrected chi connectivity index (χ3v) is 6.55. The summed E-state index contributed by atoms with van der Waals surface area (Å²) in [5, 5.41) is 6.12. The molecule has 1 amide bonds. The Morgan fingerprint density at radius 1 is 1.00 bits per heavy atom. The lowest BCUT2D eigenvalue weighted by atomic mass is 9.98. The number of aldehydes is 1. The van der Waals surface area contributed by atoms with Gasteiger partial charge in [-0.1, -0.05) is 50.1 Å². The minimum absolute atomic E-state index is 0.276. The number of carbonyl (C=O) groups excluding carboxylic acids is 2. The quantitative estimate of drug-likeness (QED) is 0.305. The van der Waals surface area contributed by atoms with E-state index in [0.29, 0.717) is 35.5 Å². The highest BCUT2D eigenvalue weighted by atomic mass is 79.9. The van der Waals surface area contributed by atoms with Crippen LogP contribution in [0.25, 0.3) is 0 Å². The van der Waals surface area contributed by atoms with Crippen LogP contribution in [-0.4, -0.2) is 43.7 Å². The van der Waals surface area contributed by atoms with E-state index >= 15 is 0 Å². The molecule has 35 heavy (non-hydrogen) atoms. The van der Waals surface area contributed by atoms with Crippen molar-refractivity contribution in [1.82, 2.24) is 5.01 Å². The Morgan fingerprint density at radius 3 is 2.46 bits per heavy atom. The van der Waals surface area contributed by atoms with E-state index in [2.05, 4.69) is 37.0 Å². The van der Waals surface area contributed by atoms with E-state index in [1.165, 1.54) is 5.01 Å². The summed E-state index contributed by atoms with van der Waals surface area (Å²) in [6.45, 7) is -0.276. The number of methoxy groups -OCH3 is 2. The second-order valence-corrected chi connectivity index (χ2v) is 9.55. The first kappa shape index (κ1) is 24.9. The molecule has 1 atom stereocenters. The zero-order valence-corrected chi connectivity index (χ0v) is 22.2. The Labute approximate surface area is 219 Å². The molecule has 1 heterocycles. The Hall–Kier alpha value is -3.17. The lowest BCUT2D eigenvalue weighted by molar-refractivity contribution is -0.135. The van der Waals surface area contributed by atoms with Crippen molar-refractivity contribution in [1.29, 1.82) is 0 Å². The van der Waals surface area contributed by atoms with Gasteiger partial charge in [-0.15, -0.1) is 0 Å². The predicted molar refractivity (Wildman–Crippen MR) is 139 cm³/mol. The maximum absolute atomic E-state index is 13.3. The van der Waals surface area contributed by atoms with Crippen LogP contribution in [0.3, 0.4) is 0 Å². The maximum Gasteiger partial charge on any atom is 0.281 e. The van der Waals surface area contributed by atoms with Gasteiger partial charge in [0.2, 0.25) is 0 Å². The molecule has 4 rings (SSSR count). The molecule has 0 spiro atoms. The number of hydrogen-bond acceptors (Lipinski definition) is 6. The first-order valence-corrected chi connectivity index (χ1v) is 12.3. The summed E-state index contributed by atoms with van der Waals surface area (Å²) in [4.78, 5) is 24.7. The molecule has 180 valence electrons. The summed E-state index contributed by atoms with van der Waals surface area (Å²) in [7, 11) is 3.14. The molecule has 0 saturated carbocycles. The van der Waals surface area contributed by atoms with Gasteiger partial charge in [0.25, 0.3) is 5.91 Å². The fourth-order valence-electron chi connectivity index (χ4n) is 3.85. The predicted octanol–water partition coefficient (Wildman–Crippen LogP) is 5.80. The monoisotopic (exact) mass is 600 g/mol. The van der Waals surface area contributed by atoms with Gasteiger partial charge in [-0.2, -0.15) is 5.10 Å². The minimum Gasteiger partial charge on any atom is -0.493 e. The fraction of sp³-hybridized carbons (Fsp3) is 0.192. The first-order chi connectivity index (χ1) is 16.9. The molecule has 1 aliphatic heterocycles. The number of hydrazone groups is 1. The van der Waals surface area contributed by atoms with E-state index in [1.807, 2.05) is 42.5 Å². The average molecular weight is 602 g/mol. The van der Waals surface area contributed by atoms with Crippen molar-refractivity contribution in [3.63, 3.8) is 0 Å². The van der Waals surface area contributed by atoms with Crippen LogP contribution < -0.4 is 14.2 Å². The summed E-state index contributed by atoms with van der Waals surface area (Å²) in [5.41, 5.74) is 2.89. The lowest BCUT2D eigenvalue weighted by Crippen LogP contribution is -2.31. The largest absolute Gasteiger partial charge is 0.493 e. The molecular formula is C26H22Br2N2O5. The minimum atomic E-state index is -0.365. The van der Waals surface area contributed by atoms with E-state index in [0.717, 1.165) is 25.8 Å². The summed E-state index contributed by atoms with van der Waals surface area (Å²) < 4.78 is 18.2. The molecule has 0 N–H and O–H groups in total. The molecule has 3 aromatic rings. The number of benzene rings is 3. The molecule has 0 fully saturated rings. The number of amides is 1. The van der Waals surface area contributed by atoms with Crippen LogP contribution >= 0.6 is 31.9 Å². The van der Waals surface area contributed by atoms with Gasteiger partial charge < -0.3 is 14.2 Å². The van der Waals surface area contributed by atoms with Gasteiger partial charge in [-0.25, -0.2) is 5.01 Å². The third-order valence-electron chi connectivity index (χ3n) is 5.57. The summed E-state index contributed by atoms with van der Waals surface area (Å²) in [6, 6.07) is 18.0. The number of halogens is 2. The van der Waals surface area contributed by atoms with Gasteiger partial charge in [0.15, 0.2) is 24.4 Å². The summed E-state index contributed by atoms with van der Waals surface area (Å²) in [5.74, 6) is 1.15. The second-order valence-electron chi connectivity index (χ2n) is 7.72. The lowest BCUT2D eigenvalue weighted by Gasteiger charge is -2.23. The number of ether oxygens (including phenoxy) is 3. The van der Waals surface area contributed by atoms with Crippen LogP contribution in [0, 0.1) is 0 Å². The van der Waals surface area contributed by atoms with Crippen molar-refractivity contribution in [2.75, 3.05) is 20.8 Å². The van der Waals surface area contributed by atoms with Crippen molar-refractivity contribution in [2.45, 2.75) is 12.5 Å². The smallest absolute Gasteiger partial charge is 0.281 e. The first-order valence-electron chi connectivity index (χ1n) is 10.7. The zero-order chi connectivity index (χ0) is 24.9. The third kappa shape index (κ3) is 5.57. The molecule has 1 aliphatic rings. The Bertz CT molecular complexity index is 1290. The molecular weight excluding hydrogens is 580 g/mol. The maximum atomic E-state index is 13.3. The highest BCUT2D eigenvalue weighted by Crippen LogP contribution is 2.37. The zero-order valence-electron chi connectivity index (χ0n) is 19.0. The highest BCUT2D eigenvalue weighted by molar-refractivity contribution is 9.10. The number of rotatable bonds is 8. The second kappa shape index (κ2) is 11.0.